The molecule has 25 heavy (non-hydrogen) atoms. The maximum atomic E-state index is 12.4. The van der Waals surface area contributed by atoms with Gasteiger partial charge in [-0.1, -0.05) is 37.3 Å². The number of amides is 1. The van der Waals surface area contributed by atoms with Crippen molar-refractivity contribution in [1.82, 2.24) is 15.2 Å². The predicted molar refractivity (Wildman–Crippen MR) is 94.6 cm³/mol. The Morgan fingerprint density at radius 3 is 2.36 bits per heavy atom. The van der Waals surface area contributed by atoms with Gasteiger partial charge in [-0.3, -0.25) is 4.79 Å². The summed E-state index contributed by atoms with van der Waals surface area (Å²) in [6.07, 6.45) is 8.48. The van der Waals surface area contributed by atoms with Gasteiger partial charge in [-0.15, -0.1) is 0 Å². The van der Waals surface area contributed by atoms with Crippen molar-refractivity contribution >= 4 is 15.9 Å². The van der Waals surface area contributed by atoms with Crippen LogP contribution in [0.5, 0.6) is 0 Å². The van der Waals surface area contributed by atoms with E-state index in [4.69, 9.17) is 4.52 Å². The number of nitrogens with one attached hydrogen (secondary N) is 2. The molecule has 2 N–H and O–H groups in total. The zero-order valence-electron chi connectivity index (χ0n) is 15.3. The van der Waals surface area contributed by atoms with Gasteiger partial charge in [-0.25, -0.2) is 8.42 Å². The fourth-order valence-electron chi connectivity index (χ4n) is 3.35. The SMILES string of the molecule is Cc1noc(C)c1S(=O)(=O)N[C@@H](C)C(=O)NCC1CCCCCCC1. The summed E-state index contributed by atoms with van der Waals surface area (Å²) in [4.78, 5) is 12.3. The first-order chi connectivity index (χ1) is 11.8. The van der Waals surface area contributed by atoms with E-state index in [1.165, 1.54) is 39.0 Å². The summed E-state index contributed by atoms with van der Waals surface area (Å²) in [7, 11) is -3.84. The highest BCUT2D eigenvalue weighted by Gasteiger charge is 2.28. The van der Waals surface area contributed by atoms with E-state index < -0.39 is 16.1 Å². The van der Waals surface area contributed by atoms with Gasteiger partial charge < -0.3 is 9.84 Å². The molecule has 1 aromatic rings. The second-order valence-corrected chi connectivity index (χ2v) is 8.60. The van der Waals surface area contributed by atoms with Crippen LogP contribution in [0, 0.1) is 19.8 Å². The molecule has 0 aliphatic heterocycles. The molecule has 1 aliphatic carbocycles. The van der Waals surface area contributed by atoms with Crippen LogP contribution in [0.15, 0.2) is 9.42 Å². The lowest BCUT2D eigenvalue weighted by atomic mass is 9.91. The largest absolute Gasteiger partial charge is 0.360 e. The third kappa shape index (κ3) is 5.54. The minimum atomic E-state index is -3.84. The number of sulfonamides is 1. The molecule has 0 bridgehead atoms. The number of carbonyl (C=O) groups excluding carboxylic acids is 1. The van der Waals surface area contributed by atoms with Gasteiger partial charge >= 0.3 is 0 Å². The molecule has 142 valence electrons. The van der Waals surface area contributed by atoms with Crippen LogP contribution >= 0.6 is 0 Å². The van der Waals surface area contributed by atoms with Gasteiger partial charge in [0.05, 0.1) is 6.04 Å². The van der Waals surface area contributed by atoms with Crippen LogP contribution in [0.25, 0.3) is 0 Å². The topological polar surface area (TPSA) is 101 Å². The van der Waals surface area contributed by atoms with Gasteiger partial charge in [0.1, 0.15) is 10.6 Å². The number of hydrogen-bond acceptors (Lipinski definition) is 5. The van der Waals surface area contributed by atoms with Crippen molar-refractivity contribution in [2.24, 2.45) is 5.92 Å². The molecule has 1 amide bonds. The Balaban J connectivity index is 1.89. The Morgan fingerprint density at radius 1 is 1.20 bits per heavy atom. The summed E-state index contributed by atoms with van der Waals surface area (Å²) in [6, 6.07) is -0.854. The minimum Gasteiger partial charge on any atom is -0.360 e. The number of aryl methyl sites for hydroxylation is 2. The molecular weight excluding hydrogens is 342 g/mol. The Morgan fingerprint density at radius 2 is 1.80 bits per heavy atom. The molecule has 0 unspecified atom stereocenters. The number of hydrogen-bond donors (Lipinski definition) is 2. The summed E-state index contributed by atoms with van der Waals surface area (Å²) in [5.74, 6) is 0.389. The molecule has 0 saturated heterocycles. The lowest BCUT2D eigenvalue weighted by molar-refractivity contribution is -0.122. The fraction of sp³-hybridized carbons (Fsp3) is 0.765. The van der Waals surface area contributed by atoms with Crippen LogP contribution in [0.3, 0.4) is 0 Å². The van der Waals surface area contributed by atoms with E-state index >= 15 is 0 Å². The van der Waals surface area contributed by atoms with E-state index in [2.05, 4.69) is 15.2 Å². The van der Waals surface area contributed by atoms with E-state index in [9.17, 15) is 13.2 Å². The van der Waals surface area contributed by atoms with Gasteiger partial charge in [0.15, 0.2) is 5.76 Å². The van der Waals surface area contributed by atoms with Crippen LogP contribution in [0.4, 0.5) is 0 Å². The number of aromatic nitrogens is 1. The second kappa shape index (κ2) is 8.80. The lowest BCUT2D eigenvalue weighted by Crippen LogP contribution is -2.46. The molecule has 1 heterocycles. The first-order valence-corrected chi connectivity index (χ1v) is 10.5. The van der Waals surface area contributed by atoms with Crippen molar-refractivity contribution in [3.05, 3.63) is 11.5 Å². The highest BCUT2D eigenvalue weighted by molar-refractivity contribution is 7.89. The van der Waals surface area contributed by atoms with Crippen molar-refractivity contribution < 1.29 is 17.7 Å². The van der Waals surface area contributed by atoms with E-state index in [1.54, 1.807) is 13.8 Å². The molecule has 1 atom stereocenters. The van der Waals surface area contributed by atoms with Gasteiger partial charge in [-0.2, -0.15) is 4.72 Å². The molecule has 1 saturated carbocycles. The van der Waals surface area contributed by atoms with Crippen molar-refractivity contribution in [2.75, 3.05) is 6.54 Å². The first-order valence-electron chi connectivity index (χ1n) is 9.04. The van der Waals surface area contributed by atoms with Gasteiger partial charge in [0.25, 0.3) is 0 Å². The maximum absolute atomic E-state index is 12.4. The zero-order valence-corrected chi connectivity index (χ0v) is 16.1. The standard InChI is InChI=1S/C17H29N3O4S/c1-12-16(14(3)24-19-12)25(22,23)20-13(2)17(21)18-11-15-9-7-5-4-6-8-10-15/h13,15,20H,4-11H2,1-3H3,(H,18,21)/t13-/m0/s1. The van der Waals surface area contributed by atoms with Crippen molar-refractivity contribution in [3.8, 4) is 0 Å². The summed E-state index contributed by atoms with van der Waals surface area (Å²) >= 11 is 0. The fourth-order valence-corrected chi connectivity index (χ4v) is 4.88. The highest BCUT2D eigenvalue weighted by atomic mass is 32.2. The smallest absolute Gasteiger partial charge is 0.246 e. The average molecular weight is 372 g/mol. The first kappa shape index (κ1) is 19.9. The van der Waals surface area contributed by atoms with E-state index in [-0.39, 0.29) is 22.3 Å². The molecule has 0 aromatic carbocycles. The van der Waals surface area contributed by atoms with Gasteiger partial charge in [0, 0.05) is 6.54 Å². The molecule has 1 aliphatic rings. The van der Waals surface area contributed by atoms with E-state index in [0.29, 0.717) is 12.5 Å². The second-order valence-electron chi connectivity index (χ2n) is 6.95. The highest BCUT2D eigenvalue weighted by Crippen LogP contribution is 2.22. The molecule has 0 radical (unpaired) electrons. The van der Waals surface area contributed by atoms with Crippen molar-refractivity contribution in [2.45, 2.75) is 76.7 Å². The Labute approximate surface area is 150 Å². The molecule has 8 heteroatoms. The quantitative estimate of drug-likeness (QED) is 0.800. The number of rotatable bonds is 6. The van der Waals surface area contributed by atoms with Crippen LogP contribution in [-0.2, 0) is 14.8 Å². The molecule has 1 aromatic heterocycles. The Hall–Kier alpha value is -1.41. The Bertz CT molecular complexity index is 657. The van der Waals surface area contributed by atoms with Crippen LogP contribution in [-0.4, -0.2) is 32.1 Å². The van der Waals surface area contributed by atoms with E-state index in [1.807, 2.05) is 0 Å². The third-order valence-electron chi connectivity index (χ3n) is 4.75. The summed E-state index contributed by atoms with van der Waals surface area (Å²) in [6.45, 7) is 5.25. The molecular formula is C17H29N3O4S. The summed E-state index contributed by atoms with van der Waals surface area (Å²) in [5.41, 5.74) is 0.284. The lowest BCUT2D eigenvalue weighted by Gasteiger charge is -2.21. The predicted octanol–water partition coefficient (Wildman–Crippen LogP) is 2.43. The number of carbonyl (C=O) groups is 1. The molecule has 7 nitrogen and oxygen atoms in total. The summed E-state index contributed by atoms with van der Waals surface area (Å²) in [5, 5.41) is 6.55. The maximum Gasteiger partial charge on any atom is 0.246 e. The monoisotopic (exact) mass is 371 g/mol. The van der Waals surface area contributed by atoms with Gasteiger partial charge in [0.2, 0.25) is 15.9 Å². The third-order valence-corrected chi connectivity index (χ3v) is 6.54. The van der Waals surface area contributed by atoms with Crippen molar-refractivity contribution in [3.63, 3.8) is 0 Å². The average Bonchev–Trinajstić information content (AvgIpc) is 2.85. The van der Waals surface area contributed by atoms with Gasteiger partial charge in [-0.05, 0) is 39.5 Å². The molecule has 2 rings (SSSR count). The molecule has 1 fully saturated rings. The normalized spacial score (nSPS) is 18.4. The summed E-state index contributed by atoms with van der Waals surface area (Å²) < 4.78 is 32.2. The van der Waals surface area contributed by atoms with Crippen LogP contribution in [0.2, 0.25) is 0 Å². The van der Waals surface area contributed by atoms with Crippen LogP contribution in [0.1, 0.15) is 63.3 Å². The number of nitrogens with zero attached hydrogens (tertiary/aromatic N) is 1. The van der Waals surface area contributed by atoms with Crippen molar-refractivity contribution in [1.29, 1.82) is 0 Å². The molecule has 0 spiro atoms. The Kier molecular flexibility index (Phi) is 7.01. The van der Waals surface area contributed by atoms with Crippen LogP contribution < -0.4 is 10.0 Å². The zero-order chi connectivity index (χ0) is 18.4. The van der Waals surface area contributed by atoms with E-state index in [0.717, 1.165) is 12.8 Å². The minimum absolute atomic E-state index is 0.00664.